The number of rotatable bonds is 2. The zero-order chi connectivity index (χ0) is 7.28. The van der Waals surface area contributed by atoms with E-state index in [1.807, 2.05) is 0 Å². The van der Waals surface area contributed by atoms with E-state index in [4.69, 9.17) is 5.11 Å². The van der Waals surface area contributed by atoms with E-state index in [2.05, 4.69) is 16.1 Å². The number of aliphatic hydroxyl groups excluding tert-OH is 1. The summed E-state index contributed by atoms with van der Waals surface area (Å²) in [5.41, 5.74) is 0. The van der Waals surface area contributed by atoms with Gasteiger partial charge in [0.25, 0.3) is 0 Å². The predicted molar refractivity (Wildman–Crippen MR) is 30.4 cm³/mol. The van der Waals surface area contributed by atoms with Gasteiger partial charge in [0, 0.05) is 6.54 Å². The molecule has 4 N–H and O–H groups in total. The maximum atomic E-state index is 10.1. The van der Waals surface area contributed by atoms with Crippen molar-refractivity contribution in [3.05, 3.63) is 0 Å². The topological polar surface area (TPSA) is 84.6 Å². The van der Waals surface area contributed by atoms with Gasteiger partial charge >= 0.3 is 6.09 Å². The number of hydrogen-bond acceptors (Lipinski definition) is 4. The van der Waals surface area contributed by atoms with Crippen molar-refractivity contribution in [3.8, 4) is 0 Å². The molecule has 9 heavy (non-hydrogen) atoms. The van der Waals surface area contributed by atoms with Crippen molar-refractivity contribution in [1.29, 1.82) is 0 Å². The summed E-state index contributed by atoms with van der Waals surface area (Å²) in [4.78, 5) is 13.9. The molecule has 0 saturated heterocycles. The molecule has 0 aromatic carbocycles. The minimum atomic E-state index is -0.740. The molecule has 0 unspecified atom stereocenters. The molecular formula is C4H10N2O3. The molecule has 0 bridgehead atoms. The predicted octanol–water partition coefficient (Wildman–Crippen LogP) is -1.03. The van der Waals surface area contributed by atoms with Crippen molar-refractivity contribution >= 4 is 6.09 Å². The number of nitrogens with one attached hydrogen (secondary N) is 1. The summed E-state index contributed by atoms with van der Waals surface area (Å²) < 4.78 is 0. The average molecular weight is 134 g/mol. The molecule has 0 aromatic rings. The van der Waals surface area contributed by atoms with Crippen molar-refractivity contribution < 1.29 is 14.7 Å². The van der Waals surface area contributed by atoms with Crippen LogP contribution in [-0.4, -0.2) is 23.8 Å². The third kappa shape index (κ3) is 5.05. The Kier molecular flexibility index (Phi) is 3.74. The molecule has 0 aromatic heterocycles. The van der Waals surface area contributed by atoms with Crippen LogP contribution in [0.2, 0.25) is 0 Å². The third-order valence-corrected chi connectivity index (χ3v) is 0.649. The first kappa shape index (κ1) is 8.19. The van der Waals surface area contributed by atoms with Gasteiger partial charge in [-0.05, 0) is 6.92 Å². The standard InChI is InChI=1S/C4H10N2O3/c1-3(7)2-6-4(8)9-5/h3,7H,2,5H2,1H3,(H,6,8)/t3-/m1/s1. The van der Waals surface area contributed by atoms with Gasteiger partial charge in [0.2, 0.25) is 0 Å². The lowest BCUT2D eigenvalue weighted by atomic mass is 10.4. The van der Waals surface area contributed by atoms with Gasteiger partial charge in [0.15, 0.2) is 0 Å². The van der Waals surface area contributed by atoms with E-state index in [0.29, 0.717) is 0 Å². The summed E-state index contributed by atoms with van der Waals surface area (Å²) in [5.74, 6) is 4.46. The maximum Gasteiger partial charge on any atom is 0.425 e. The smallest absolute Gasteiger partial charge is 0.392 e. The van der Waals surface area contributed by atoms with Crippen LogP contribution in [0.25, 0.3) is 0 Å². The minimum absolute atomic E-state index is 0.149. The second-order valence-electron chi connectivity index (χ2n) is 1.64. The fourth-order valence-electron chi connectivity index (χ4n) is 0.273. The molecule has 5 nitrogen and oxygen atoms in total. The Hall–Kier alpha value is -0.810. The van der Waals surface area contributed by atoms with Gasteiger partial charge in [-0.3, -0.25) is 0 Å². The summed E-state index contributed by atoms with van der Waals surface area (Å²) in [6, 6.07) is 0. The van der Waals surface area contributed by atoms with Gasteiger partial charge in [0.05, 0.1) is 6.10 Å². The number of aliphatic hydroxyl groups is 1. The van der Waals surface area contributed by atoms with Crippen LogP contribution < -0.4 is 11.2 Å². The highest BCUT2D eigenvalue weighted by molar-refractivity contribution is 5.66. The van der Waals surface area contributed by atoms with Gasteiger partial charge in [-0.1, -0.05) is 0 Å². The van der Waals surface area contributed by atoms with Crippen LogP contribution in [-0.2, 0) is 4.84 Å². The molecule has 0 aliphatic rings. The number of hydrogen-bond donors (Lipinski definition) is 3. The van der Waals surface area contributed by atoms with Crippen LogP contribution in [0.4, 0.5) is 4.79 Å². The molecule has 0 fully saturated rings. The molecule has 54 valence electrons. The zero-order valence-corrected chi connectivity index (χ0v) is 5.13. The van der Waals surface area contributed by atoms with Gasteiger partial charge in [-0.15, -0.1) is 0 Å². The lowest BCUT2D eigenvalue weighted by Crippen LogP contribution is -2.32. The zero-order valence-electron chi connectivity index (χ0n) is 5.13. The van der Waals surface area contributed by atoms with Crippen molar-refractivity contribution in [2.45, 2.75) is 13.0 Å². The Balaban J connectivity index is 3.17. The quantitative estimate of drug-likeness (QED) is 0.421. The van der Waals surface area contributed by atoms with E-state index in [1.165, 1.54) is 6.92 Å². The molecule has 0 spiro atoms. The van der Waals surface area contributed by atoms with Gasteiger partial charge < -0.3 is 15.3 Å². The molecule has 0 saturated carbocycles. The third-order valence-electron chi connectivity index (χ3n) is 0.649. The molecule has 0 aliphatic carbocycles. The fraction of sp³-hybridized carbons (Fsp3) is 0.750. The Labute approximate surface area is 52.7 Å². The van der Waals surface area contributed by atoms with E-state index in [1.54, 1.807) is 0 Å². The highest BCUT2D eigenvalue weighted by atomic mass is 16.7. The van der Waals surface area contributed by atoms with Gasteiger partial charge in [-0.25, -0.2) is 4.79 Å². The SMILES string of the molecule is C[C@@H](O)CNC(=O)ON. The molecule has 0 radical (unpaired) electrons. The first-order valence-electron chi connectivity index (χ1n) is 2.49. The monoisotopic (exact) mass is 134 g/mol. The van der Waals surface area contributed by atoms with Crippen molar-refractivity contribution in [1.82, 2.24) is 5.32 Å². The van der Waals surface area contributed by atoms with Crippen LogP contribution in [0.15, 0.2) is 0 Å². The van der Waals surface area contributed by atoms with Crippen molar-refractivity contribution in [3.63, 3.8) is 0 Å². The molecule has 1 atom stereocenters. The Bertz CT molecular complexity index is 93.8. The molecule has 5 heteroatoms. The fourth-order valence-corrected chi connectivity index (χ4v) is 0.273. The number of amides is 1. The lowest BCUT2D eigenvalue weighted by molar-refractivity contribution is 0.136. The van der Waals surface area contributed by atoms with Crippen LogP contribution in [0.3, 0.4) is 0 Å². The van der Waals surface area contributed by atoms with Crippen molar-refractivity contribution in [2.24, 2.45) is 5.90 Å². The lowest BCUT2D eigenvalue weighted by Gasteiger charge is -2.03. The van der Waals surface area contributed by atoms with E-state index >= 15 is 0 Å². The molecule has 0 heterocycles. The first-order chi connectivity index (χ1) is 4.16. The Morgan fingerprint density at radius 3 is 2.89 bits per heavy atom. The summed E-state index contributed by atoms with van der Waals surface area (Å²) in [6.07, 6.45) is -1.32. The second kappa shape index (κ2) is 4.11. The van der Waals surface area contributed by atoms with Crippen LogP contribution in [0.1, 0.15) is 6.92 Å². The maximum absolute atomic E-state index is 10.1. The molecule has 0 rings (SSSR count). The summed E-state index contributed by atoms with van der Waals surface area (Å²) in [7, 11) is 0. The van der Waals surface area contributed by atoms with E-state index in [0.717, 1.165) is 0 Å². The van der Waals surface area contributed by atoms with Crippen LogP contribution in [0, 0.1) is 0 Å². The van der Waals surface area contributed by atoms with Crippen LogP contribution >= 0.6 is 0 Å². The largest absolute Gasteiger partial charge is 0.425 e. The average Bonchev–Trinajstić information content (AvgIpc) is 1.83. The minimum Gasteiger partial charge on any atom is -0.392 e. The molecule has 0 aliphatic heterocycles. The molecule has 1 amide bonds. The highest BCUT2D eigenvalue weighted by Gasteiger charge is 1.99. The normalized spacial score (nSPS) is 12.3. The van der Waals surface area contributed by atoms with Crippen LogP contribution in [0.5, 0.6) is 0 Å². The second-order valence-corrected chi connectivity index (χ2v) is 1.64. The summed E-state index contributed by atoms with van der Waals surface area (Å²) >= 11 is 0. The Morgan fingerprint density at radius 1 is 2.00 bits per heavy atom. The van der Waals surface area contributed by atoms with E-state index in [9.17, 15) is 4.79 Å². The Morgan fingerprint density at radius 2 is 2.56 bits per heavy atom. The van der Waals surface area contributed by atoms with Gasteiger partial charge in [0.1, 0.15) is 0 Å². The van der Waals surface area contributed by atoms with Crippen molar-refractivity contribution in [2.75, 3.05) is 6.54 Å². The van der Waals surface area contributed by atoms with E-state index in [-0.39, 0.29) is 6.54 Å². The van der Waals surface area contributed by atoms with Gasteiger partial charge in [-0.2, -0.15) is 5.90 Å². The molecular weight excluding hydrogens is 124 g/mol. The number of nitrogens with two attached hydrogens (primary N) is 1. The van der Waals surface area contributed by atoms with E-state index < -0.39 is 12.2 Å². The number of carbonyl (C=O) groups excluding carboxylic acids is 1. The summed E-state index contributed by atoms with van der Waals surface area (Å²) in [5, 5.41) is 10.8. The number of carbonyl (C=O) groups is 1. The summed E-state index contributed by atoms with van der Waals surface area (Å²) in [6.45, 7) is 1.69. The highest BCUT2D eigenvalue weighted by Crippen LogP contribution is 1.74. The first-order valence-corrected chi connectivity index (χ1v) is 2.49.